The molecule has 1 N–H and O–H groups in total. The SMILES string of the molecule is CCOC(CNc1nc(C)ns1)c1ccccc1. The van der Waals surface area contributed by atoms with E-state index >= 15 is 0 Å². The van der Waals surface area contributed by atoms with Gasteiger partial charge in [0.25, 0.3) is 0 Å². The molecule has 2 aromatic rings. The third kappa shape index (κ3) is 3.51. The number of anilines is 1. The standard InChI is InChI=1S/C13H17N3OS/c1-3-17-12(11-7-5-4-6-8-11)9-14-13-15-10(2)16-18-13/h4-8,12H,3,9H2,1-2H3,(H,14,15,16). The summed E-state index contributed by atoms with van der Waals surface area (Å²) in [4.78, 5) is 4.28. The van der Waals surface area contributed by atoms with Crippen LogP contribution in [0, 0.1) is 6.92 Å². The average molecular weight is 263 g/mol. The van der Waals surface area contributed by atoms with Crippen LogP contribution in [0.4, 0.5) is 5.13 Å². The van der Waals surface area contributed by atoms with E-state index in [0.717, 1.165) is 11.0 Å². The average Bonchev–Trinajstić information content (AvgIpc) is 2.81. The van der Waals surface area contributed by atoms with E-state index < -0.39 is 0 Å². The highest BCUT2D eigenvalue weighted by Crippen LogP contribution is 2.19. The van der Waals surface area contributed by atoms with Crippen LogP contribution in [-0.4, -0.2) is 22.5 Å². The number of nitrogens with one attached hydrogen (secondary N) is 1. The summed E-state index contributed by atoms with van der Waals surface area (Å²) in [6.45, 7) is 5.28. The summed E-state index contributed by atoms with van der Waals surface area (Å²) in [6.07, 6.45) is 0.0420. The molecule has 1 heterocycles. The Kier molecular flexibility index (Phi) is 4.66. The molecule has 18 heavy (non-hydrogen) atoms. The number of ether oxygens (including phenoxy) is 1. The molecular formula is C13H17N3OS. The molecule has 0 bridgehead atoms. The highest BCUT2D eigenvalue weighted by atomic mass is 32.1. The summed E-state index contributed by atoms with van der Waals surface area (Å²) in [6, 6.07) is 10.2. The van der Waals surface area contributed by atoms with Crippen LogP contribution in [0.3, 0.4) is 0 Å². The van der Waals surface area contributed by atoms with Gasteiger partial charge in [0.1, 0.15) is 5.82 Å². The Morgan fingerprint density at radius 3 is 2.72 bits per heavy atom. The summed E-state index contributed by atoms with van der Waals surface area (Å²) >= 11 is 1.38. The van der Waals surface area contributed by atoms with Crippen LogP contribution in [0.2, 0.25) is 0 Å². The second-order valence-electron chi connectivity index (χ2n) is 3.88. The van der Waals surface area contributed by atoms with Crippen LogP contribution in [0.5, 0.6) is 0 Å². The highest BCUT2D eigenvalue weighted by Gasteiger charge is 2.11. The molecule has 4 nitrogen and oxygen atoms in total. The van der Waals surface area contributed by atoms with E-state index in [-0.39, 0.29) is 6.10 Å². The van der Waals surface area contributed by atoms with Crippen molar-refractivity contribution >= 4 is 16.7 Å². The normalized spacial score (nSPS) is 12.3. The van der Waals surface area contributed by atoms with Gasteiger partial charge in [-0.3, -0.25) is 0 Å². The van der Waals surface area contributed by atoms with E-state index in [1.807, 2.05) is 32.0 Å². The summed E-state index contributed by atoms with van der Waals surface area (Å²) in [7, 11) is 0. The van der Waals surface area contributed by atoms with Gasteiger partial charge in [0.05, 0.1) is 6.10 Å². The third-order valence-corrected chi connectivity index (χ3v) is 3.27. The van der Waals surface area contributed by atoms with Gasteiger partial charge in [-0.05, 0) is 19.4 Å². The predicted molar refractivity (Wildman–Crippen MR) is 73.9 cm³/mol. The molecule has 0 aliphatic rings. The Hall–Kier alpha value is -1.46. The molecule has 2 rings (SSSR count). The van der Waals surface area contributed by atoms with Gasteiger partial charge in [-0.25, -0.2) is 4.98 Å². The van der Waals surface area contributed by atoms with E-state index in [0.29, 0.717) is 13.2 Å². The van der Waals surface area contributed by atoms with E-state index in [4.69, 9.17) is 4.74 Å². The second kappa shape index (κ2) is 6.47. The second-order valence-corrected chi connectivity index (χ2v) is 4.63. The van der Waals surface area contributed by atoms with E-state index in [2.05, 4.69) is 26.8 Å². The van der Waals surface area contributed by atoms with Crippen LogP contribution in [0.25, 0.3) is 0 Å². The lowest BCUT2D eigenvalue weighted by Gasteiger charge is -2.17. The van der Waals surface area contributed by atoms with Gasteiger partial charge in [-0.15, -0.1) is 0 Å². The van der Waals surface area contributed by atoms with Crippen LogP contribution in [-0.2, 0) is 4.74 Å². The van der Waals surface area contributed by atoms with Crippen molar-refractivity contribution in [2.24, 2.45) is 0 Å². The molecule has 0 radical (unpaired) electrons. The number of nitrogens with zero attached hydrogens (tertiary/aromatic N) is 2. The predicted octanol–water partition coefficient (Wildman–Crippen LogP) is 3.04. The topological polar surface area (TPSA) is 47.0 Å². The number of rotatable bonds is 6. The fraction of sp³-hybridized carbons (Fsp3) is 0.385. The molecule has 0 fully saturated rings. The van der Waals surface area contributed by atoms with Crippen LogP contribution in [0.15, 0.2) is 30.3 Å². The molecule has 5 heteroatoms. The molecule has 0 aliphatic heterocycles. The Morgan fingerprint density at radius 2 is 2.11 bits per heavy atom. The number of hydrogen-bond donors (Lipinski definition) is 1. The zero-order valence-electron chi connectivity index (χ0n) is 10.6. The van der Waals surface area contributed by atoms with Crippen molar-refractivity contribution in [3.8, 4) is 0 Å². The minimum absolute atomic E-state index is 0.0420. The fourth-order valence-electron chi connectivity index (χ4n) is 1.69. The monoisotopic (exact) mass is 263 g/mol. The van der Waals surface area contributed by atoms with Gasteiger partial charge in [0.15, 0.2) is 0 Å². The molecule has 0 amide bonds. The van der Waals surface area contributed by atoms with Crippen molar-refractivity contribution in [2.45, 2.75) is 20.0 Å². The zero-order chi connectivity index (χ0) is 12.8. The van der Waals surface area contributed by atoms with Crippen molar-refractivity contribution < 1.29 is 4.74 Å². The molecule has 0 saturated heterocycles. The highest BCUT2D eigenvalue weighted by molar-refractivity contribution is 7.09. The quantitative estimate of drug-likeness (QED) is 0.870. The molecule has 1 unspecified atom stereocenters. The van der Waals surface area contributed by atoms with Crippen molar-refractivity contribution in [3.05, 3.63) is 41.7 Å². The minimum atomic E-state index is 0.0420. The van der Waals surface area contributed by atoms with Gasteiger partial charge < -0.3 is 10.1 Å². The lowest BCUT2D eigenvalue weighted by atomic mass is 10.1. The smallest absolute Gasteiger partial charge is 0.202 e. The maximum absolute atomic E-state index is 5.75. The Morgan fingerprint density at radius 1 is 1.33 bits per heavy atom. The molecule has 1 aromatic heterocycles. The van der Waals surface area contributed by atoms with E-state index in [1.54, 1.807) is 0 Å². The van der Waals surface area contributed by atoms with Crippen LogP contribution in [0.1, 0.15) is 24.4 Å². The molecule has 1 aromatic carbocycles. The summed E-state index contributed by atoms with van der Waals surface area (Å²) in [5, 5.41) is 4.11. The summed E-state index contributed by atoms with van der Waals surface area (Å²) < 4.78 is 9.89. The maximum atomic E-state index is 5.75. The van der Waals surface area contributed by atoms with Crippen molar-refractivity contribution in [2.75, 3.05) is 18.5 Å². The number of aryl methyl sites for hydroxylation is 1. The van der Waals surface area contributed by atoms with Gasteiger partial charge in [0.2, 0.25) is 5.13 Å². The first-order valence-electron chi connectivity index (χ1n) is 6.00. The Labute approximate surface area is 111 Å². The molecule has 96 valence electrons. The van der Waals surface area contributed by atoms with E-state index in [9.17, 15) is 0 Å². The fourth-order valence-corrected chi connectivity index (χ4v) is 2.27. The first-order valence-corrected chi connectivity index (χ1v) is 6.77. The number of hydrogen-bond acceptors (Lipinski definition) is 5. The molecule has 0 spiro atoms. The lowest BCUT2D eigenvalue weighted by molar-refractivity contribution is 0.0719. The molecular weight excluding hydrogens is 246 g/mol. The Balaban J connectivity index is 1.98. The van der Waals surface area contributed by atoms with Gasteiger partial charge in [0, 0.05) is 24.7 Å². The van der Waals surface area contributed by atoms with Crippen LogP contribution < -0.4 is 5.32 Å². The largest absolute Gasteiger partial charge is 0.372 e. The first-order chi connectivity index (χ1) is 8.79. The minimum Gasteiger partial charge on any atom is -0.372 e. The molecule has 0 aliphatic carbocycles. The maximum Gasteiger partial charge on any atom is 0.202 e. The van der Waals surface area contributed by atoms with Gasteiger partial charge >= 0.3 is 0 Å². The first kappa shape index (κ1) is 13.0. The molecule has 1 atom stereocenters. The van der Waals surface area contributed by atoms with Gasteiger partial charge in [-0.2, -0.15) is 4.37 Å². The zero-order valence-corrected chi connectivity index (χ0v) is 11.4. The third-order valence-electron chi connectivity index (χ3n) is 2.51. The number of benzene rings is 1. The Bertz CT molecular complexity index is 472. The summed E-state index contributed by atoms with van der Waals surface area (Å²) in [5.41, 5.74) is 1.17. The summed E-state index contributed by atoms with van der Waals surface area (Å²) in [5.74, 6) is 0.801. The van der Waals surface area contributed by atoms with Crippen LogP contribution >= 0.6 is 11.5 Å². The molecule has 0 saturated carbocycles. The van der Waals surface area contributed by atoms with Gasteiger partial charge in [-0.1, -0.05) is 30.3 Å². The van der Waals surface area contributed by atoms with E-state index in [1.165, 1.54) is 17.1 Å². The number of aromatic nitrogens is 2. The van der Waals surface area contributed by atoms with Crippen molar-refractivity contribution in [1.82, 2.24) is 9.36 Å². The van der Waals surface area contributed by atoms with Crippen molar-refractivity contribution in [3.63, 3.8) is 0 Å². The lowest BCUT2D eigenvalue weighted by Crippen LogP contribution is -2.15. The van der Waals surface area contributed by atoms with Crippen molar-refractivity contribution in [1.29, 1.82) is 0 Å².